The predicted molar refractivity (Wildman–Crippen MR) is 53.7 cm³/mol. The molecule has 0 unspecified atom stereocenters. The van der Waals surface area contributed by atoms with Gasteiger partial charge in [0.25, 0.3) is 0 Å². The third-order valence-corrected chi connectivity index (χ3v) is 3.18. The van der Waals surface area contributed by atoms with E-state index in [9.17, 15) is 4.21 Å². The van der Waals surface area contributed by atoms with Crippen LogP contribution in [0.25, 0.3) is 0 Å². The van der Waals surface area contributed by atoms with E-state index in [2.05, 4.69) is 6.58 Å². The minimum Gasteiger partial charge on any atom is -0.388 e. The van der Waals surface area contributed by atoms with Gasteiger partial charge in [-0.1, -0.05) is 24.8 Å². The quantitative estimate of drug-likeness (QED) is 0.798. The summed E-state index contributed by atoms with van der Waals surface area (Å²) in [4.78, 5) is 1.01. The summed E-state index contributed by atoms with van der Waals surface area (Å²) in [6, 6.07) is 8.98. The van der Waals surface area contributed by atoms with E-state index in [1.54, 1.807) is 19.1 Å². The number of benzene rings is 1. The molecule has 0 bridgehead atoms. The van der Waals surface area contributed by atoms with Gasteiger partial charge < -0.3 is 5.11 Å². The Hall–Kier alpha value is -0.930. The van der Waals surface area contributed by atoms with Crippen LogP contribution in [0.2, 0.25) is 0 Å². The van der Waals surface area contributed by atoms with Crippen LogP contribution >= 0.6 is 0 Å². The Balaban J connectivity index is 2.87. The van der Waals surface area contributed by atoms with E-state index in [-0.39, 0.29) is 0 Å². The first kappa shape index (κ1) is 10.2. The lowest BCUT2D eigenvalue weighted by Gasteiger charge is -2.07. The zero-order valence-corrected chi connectivity index (χ0v) is 8.25. The Kier molecular flexibility index (Phi) is 3.39. The Morgan fingerprint density at radius 2 is 2.00 bits per heavy atom. The monoisotopic (exact) mass is 196 g/mol. The van der Waals surface area contributed by atoms with Crippen LogP contribution in [0.4, 0.5) is 0 Å². The van der Waals surface area contributed by atoms with Crippen molar-refractivity contribution < 1.29 is 9.32 Å². The SMILES string of the molecule is C=C([C@H](C)O)[S@@](=O)c1ccccc1. The molecule has 0 heterocycles. The van der Waals surface area contributed by atoms with Crippen molar-refractivity contribution >= 4 is 10.8 Å². The first-order valence-corrected chi connectivity index (χ1v) is 5.11. The molecule has 2 nitrogen and oxygen atoms in total. The van der Waals surface area contributed by atoms with Crippen molar-refractivity contribution in [3.63, 3.8) is 0 Å². The van der Waals surface area contributed by atoms with Crippen molar-refractivity contribution in [2.24, 2.45) is 0 Å². The van der Waals surface area contributed by atoms with Crippen LogP contribution < -0.4 is 0 Å². The molecule has 0 saturated heterocycles. The first-order valence-electron chi connectivity index (χ1n) is 3.96. The molecule has 0 aliphatic rings. The lowest BCUT2D eigenvalue weighted by atomic mass is 10.4. The van der Waals surface area contributed by atoms with Crippen molar-refractivity contribution in [1.82, 2.24) is 0 Å². The highest BCUT2D eigenvalue weighted by Gasteiger charge is 2.11. The van der Waals surface area contributed by atoms with Crippen molar-refractivity contribution in [2.75, 3.05) is 0 Å². The molecule has 70 valence electrons. The molecule has 0 fully saturated rings. The standard InChI is InChI=1S/C10H12O2S/c1-8(11)9(2)13(12)10-6-4-3-5-7-10/h3-8,11H,2H2,1H3/t8-,13+/m0/s1. The van der Waals surface area contributed by atoms with E-state index < -0.39 is 16.9 Å². The molecule has 0 radical (unpaired) electrons. The molecule has 0 aliphatic heterocycles. The van der Waals surface area contributed by atoms with Crippen LogP contribution in [0.3, 0.4) is 0 Å². The summed E-state index contributed by atoms with van der Waals surface area (Å²) in [5.41, 5.74) is 0. The average Bonchev–Trinajstić information content (AvgIpc) is 2.17. The van der Waals surface area contributed by atoms with Crippen molar-refractivity contribution in [3.05, 3.63) is 41.8 Å². The predicted octanol–water partition coefficient (Wildman–Crippen LogP) is 1.69. The van der Waals surface area contributed by atoms with Gasteiger partial charge in [0.1, 0.15) is 0 Å². The molecular formula is C10H12O2S. The smallest absolute Gasteiger partial charge is 0.0843 e. The molecule has 0 spiro atoms. The van der Waals surface area contributed by atoms with Gasteiger partial charge in [0.15, 0.2) is 0 Å². The van der Waals surface area contributed by atoms with Crippen LogP contribution in [0, 0.1) is 0 Å². The summed E-state index contributed by atoms with van der Waals surface area (Å²) in [6.45, 7) is 5.14. The van der Waals surface area contributed by atoms with E-state index in [0.717, 1.165) is 0 Å². The molecule has 13 heavy (non-hydrogen) atoms. The second-order valence-electron chi connectivity index (χ2n) is 2.72. The van der Waals surface area contributed by atoms with Crippen molar-refractivity contribution in [1.29, 1.82) is 0 Å². The third-order valence-electron chi connectivity index (χ3n) is 1.66. The van der Waals surface area contributed by atoms with Gasteiger partial charge in [-0.25, -0.2) is 4.21 Å². The Bertz CT molecular complexity index is 317. The minimum atomic E-state index is -1.30. The molecule has 1 aromatic rings. The third kappa shape index (κ3) is 2.50. The van der Waals surface area contributed by atoms with E-state index in [1.807, 2.05) is 18.2 Å². The van der Waals surface area contributed by atoms with Gasteiger partial charge in [0.05, 0.1) is 16.9 Å². The number of hydrogen-bond donors (Lipinski definition) is 1. The lowest BCUT2D eigenvalue weighted by Crippen LogP contribution is -2.08. The largest absolute Gasteiger partial charge is 0.388 e. The molecule has 3 heteroatoms. The summed E-state index contributed by atoms with van der Waals surface area (Å²) in [5.74, 6) is 0. The Labute approximate surface area is 80.4 Å². The maximum Gasteiger partial charge on any atom is 0.0843 e. The van der Waals surface area contributed by atoms with Crippen molar-refractivity contribution in [3.8, 4) is 0 Å². The van der Waals surface area contributed by atoms with Gasteiger partial charge >= 0.3 is 0 Å². The molecule has 1 N–H and O–H groups in total. The fourth-order valence-corrected chi connectivity index (χ4v) is 1.87. The number of rotatable bonds is 3. The summed E-state index contributed by atoms with van der Waals surface area (Å²) >= 11 is 0. The summed E-state index contributed by atoms with van der Waals surface area (Å²) in [6.07, 6.45) is -0.735. The fourth-order valence-electron chi connectivity index (χ4n) is 0.850. The fraction of sp³-hybridized carbons (Fsp3) is 0.200. The number of aliphatic hydroxyl groups is 1. The van der Waals surface area contributed by atoms with Crippen LogP contribution in [0.1, 0.15) is 6.92 Å². The molecule has 0 saturated carbocycles. The van der Waals surface area contributed by atoms with Crippen LogP contribution in [-0.2, 0) is 10.8 Å². The highest BCUT2D eigenvalue weighted by atomic mass is 32.2. The van der Waals surface area contributed by atoms with E-state index in [1.165, 1.54) is 0 Å². The average molecular weight is 196 g/mol. The Morgan fingerprint density at radius 3 is 2.46 bits per heavy atom. The van der Waals surface area contributed by atoms with E-state index in [0.29, 0.717) is 9.80 Å². The van der Waals surface area contributed by atoms with E-state index >= 15 is 0 Å². The maximum atomic E-state index is 11.6. The highest BCUT2D eigenvalue weighted by molar-refractivity contribution is 7.89. The molecule has 0 amide bonds. The highest BCUT2D eigenvalue weighted by Crippen LogP contribution is 2.14. The van der Waals surface area contributed by atoms with Gasteiger partial charge in [-0.05, 0) is 19.1 Å². The van der Waals surface area contributed by atoms with Crippen LogP contribution in [-0.4, -0.2) is 15.4 Å². The normalized spacial score (nSPS) is 14.9. The summed E-state index contributed by atoms with van der Waals surface area (Å²) in [5, 5.41) is 9.16. The van der Waals surface area contributed by atoms with Gasteiger partial charge in [0.2, 0.25) is 0 Å². The van der Waals surface area contributed by atoms with Crippen LogP contribution in [0.5, 0.6) is 0 Å². The second-order valence-corrected chi connectivity index (χ2v) is 4.26. The van der Waals surface area contributed by atoms with Crippen molar-refractivity contribution in [2.45, 2.75) is 17.9 Å². The zero-order valence-electron chi connectivity index (χ0n) is 7.43. The molecular weight excluding hydrogens is 184 g/mol. The number of hydrogen-bond acceptors (Lipinski definition) is 2. The number of aliphatic hydroxyl groups excluding tert-OH is 1. The van der Waals surface area contributed by atoms with Crippen LogP contribution in [0.15, 0.2) is 46.7 Å². The lowest BCUT2D eigenvalue weighted by molar-refractivity contribution is 0.240. The second kappa shape index (κ2) is 4.35. The molecule has 2 atom stereocenters. The first-order chi connectivity index (χ1) is 6.13. The molecule has 0 aromatic heterocycles. The van der Waals surface area contributed by atoms with Gasteiger partial charge in [0, 0.05) is 9.80 Å². The summed E-state index contributed by atoms with van der Waals surface area (Å²) < 4.78 is 11.6. The zero-order chi connectivity index (χ0) is 9.84. The summed E-state index contributed by atoms with van der Waals surface area (Å²) in [7, 11) is -1.30. The topological polar surface area (TPSA) is 37.3 Å². The maximum absolute atomic E-state index is 11.6. The molecule has 0 aliphatic carbocycles. The Morgan fingerprint density at radius 1 is 1.46 bits per heavy atom. The van der Waals surface area contributed by atoms with Gasteiger partial charge in [-0.3, -0.25) is 0 Å². The molecule has 1 rings (SSSR count). The van der Waals surface area contributed by atoms with Gasteiger partial charge in [-0.15, -0.1) is 0 Å². The molecule has 1 aromatic carbocycles. The van der Waals surface area contributed by atoms with Gasteiger partial charge in [-0.2, -0.15) is 0 Å². The minimum absolute atomic E-state index is 0.339. The van der Waals surface area contributed by atoms with E-state index in [4.69, 9.17) is 5.11 Å².